The van der Waals surface area contributed by atoms with Crippen LogP contribution in [0, 0.1) is 5.82 Å². The summed E-state index contributed by atoms with van der Waals surface area (Å²) in [7, 11) is 0. The van der Waals surface area contributed by atoms with Crippen molar-refractivity contribution in [3.63, 3.8) is 0 Å². The first-order valence-electron chi connectivity index (χ1n) is 10.8. The lowest BCUT2D eigenvalue weighted by Crippen LogP contribution is -2.38. The molecule has 2 heterocycles. The molecular formula is C27H24FN3O. The minimum Gasteiger partial charge on any atom is -0.294 e. The van der Waals surface area contributed by atoms with Crippen LogP contribution in [0.15, 0.2) is 96.1 Å². The molecule has 32 heavy (non-hydrogen) atoms. The van der Waals surface area contributed by atoms with E-state index in [0.29, 0.717) is 13.1 Å². The van der Waals surface area contributed by atoms with Gasteiger partial charge in [0.15, 0.2) is 0 Å². The van der Waals surface area contributed by atoms with Gasteiger partial charge in [-0.25, -0.2) is 9.37 Å². The van der Waals surface area contributed by atoms with Crippen LogP contribution in [0.5, 0.6) is 0 Å². The summed E-state index contributed by atoms with van der Waals surface area (Å²) in [6, 6.07) is 26.4. The lowest BCUT2D eigenvalue weighted by atomic mass is 9.98. The summed E-state index contributed by atoms with van der Waals surface area (Å²) >= 11 is 0. The van der Waals surface area contributed by atoms with Gasteiger partial charge in [-0.15, -0.1) is 0 Å². The molecule has 0 radical (unpaired) electrons. The van der Waals surface area contributed by atoms with E-state index in [0.717, 1.165) is 40.9 Å². The maximum Gasteiger partial charge on any atom is 0.258 e. The van der Waals surface area contributed by atoms with Crippen molar-refractivity contribution in [1.82, 2.24) is 14.5 Å². The molecule has 0 spiro atoms. The zero-order valence-corrected chi connectivity index (χ0v) is 17.7. The average Bonchev–Trinajstić information content (AvgIpc) is 2.84. The van der Waals surface area contributed by atoms with Crippen LogP contribution in [0.2, 0.25) is 0 Å². The summed E-state index contributed by atoms with van der Waals surface area (Å²) in [4.78, 5) is 20.6. The highest BCUT2D eigenvalue weighted by Crippen LogP contribution is 2.26. The third-order valence-electron chi connectivity index (χ3n) is 6.05. The van der Waals surface area contributed by atoms with E-state index in [4.69, 9.17) is 4.98 Å². The Balaban J connectivity index is 1.51. The lowest BCUT2D eigenvalue weighted by Gasteiger charge is -2.29. The molecule has 0 fully saturated rings. The normalized spacial score (nSPS) is 13.8. The van der Waals surface area contributed by atoms with E-state index in [1.54, 1.807) is 23.0 Å². The number of fused-ring (bicyclic) bond motifs is 1. The van der Waals surface area contributed by atoms with Crippen LogP contribution in [-0.2, 0) is 19.5 Å². The highest BCUT2D eigenvalue weighted by molar-refractivity contribution is 5.34. The summed E-state index contributed by atoms with van der Waals surface area (Å²) in [5, 5.41) is 0. The van der Waals surface area contributed by atoms with Gasteiger partial charge in [-0.1, -0.05) is 72.8 Å². The molecular weight excluding hydrogens is 401 g/mol. The van der Waals surface area contributed by atoms with Crippen LogP contribution in [0.1, 0.15) is 34.0 Å². The number of hydrogen-bond donors (Lipinski definition) is 0. The molecule has 4 aromatic rings. The van der Waals surface area contributed by atoms with Crippen LogP contribution >= 0.6 is 0 Å². The van der Waals surface area contributed by atoms with Crippen molar-refractivity contribution in [2.45, 2.75) is 25.6 Å². The molecule has 0 saturated heterocycles. The summed E-state index contributed by atoms with van der Waals surface area (Å²) in [5.41, 5.74) is 4.74. The van der Waals surface area contributed by atoms with Gasteiger partial charge in [0.2, 0.25) is 0 Å². The van der Waals surface area contributed by atoms with Crippen LogP contribution in [0.3, 0.4) is 0 Å². The standard InChI is InChI=1S/C27H24FN3O/c28-23-13-11-20(12-14-23)17-30-16-15-25-24(18-30)27(32)31(19-29-25)26(21-7-3-1-4-8-21)22-9-5-2-6-10-22/h1-14,19,26H,15-18H2. The first kappa shape index (κ1) is 20.3. The van der Waals surface area contributed by atoms with Gasteiger partial charge in [0.05, 0.1) is 23.6 Å². The lowest BCUT2D eigenvalue weighted by molar-refractivity contribution is 0.240. The quantitative estimate of drug-likeness (QED) is 0.470. The molecule has 0 N–H and O–H groups in total. The zero-order chi connectivity index (χ0) is 21.9. The highest BCUT2D eigenvalue weighted by atomic mass is 19.1. The van der Waals surface area contributed by atoms with Gasteiger partial charge >= 0.3 is 0 Å². The van der Waals surface area contributed by atoms with Crippen LogP contribution in [0.25, 0.3) is 0 Å². The molecule has 1 aliphatic heterocycles. The number of aromatic nitrogens is 2. The molecule has 3 aromatic carbocycles. The first-order chi connectivity index (χ1) is 15.7. The summed E-state index contributed by atoms with van der Waals surface area (Å²) < 4.78 is 15.0. The Morgan fingerprint density at radius 1 is 0.875 bits per heavy atom. The number of hydrogen-bond acceptors (Lipinski definition) is 3. The Bertz CT molecular complexity index is 1210. The predicted octanol–water partition coefficient (Wildman–Crippen LogP) is 4.58. The summed E-state index contributed by atoms with van der Waals surface area (Å²) in [6.07, 6.45) is 2.43. The van der Waals surface area contributed by atoms with Crippen molar-refractivity contribution < 1.29 is 4.39 Å². The Labute approximate surface area is 186 Å². The van der Waals surface area contributed by atoms with Crippen LogP contribution in [-0.4, -0.2) is 21.0 Å². The van der Waals surface area contributed by atoms with Gasteiger partial charge in [-0.05, 0) is 28.8 Å². The van der Waals surface area contributed by atoms with Gasteiger partial charge < -0.3 is 0 Å². The van der Waals surface area contributed by atoms with Crippen LogP contribution in [0.4, 0.5) is 4.39 Å². The third-order valence-corrected chi connectivity index (χ3v) is 6.05. The summed E-state index contributed by atoms with van der Waals surface area (Å²) in [5.74, 6) is -0.238. The molecule has 1 aromatic heterocycles. The van der Waals surface area contributed by atoms with Crippen molar-refractivity contribution in [3.05, 3.63) is 135 Å². The number of rotatable bonds is 5. The average molecular weight is 426 g/mol. The molecule has 0 saturated carbocycles. The SMILES string of the molecule is O=c1c2c(ncn1C(c1ccccc1)c1ccccc1)CCN(Cc1ccc(F)cc1)C2. The van der Waals surface area contributed by atoms with Crippen LogP contribution < -0.4 is 5.56 Å². The third kappa shape index (κ3) is 4.12. The largest absolute Gasteiger partial charge is 0.294 e. The molecule has 0 unspecified atom stereocenters. The monoisotopic (exact) mass is 425 g/mol. The fourth-order valence-corrected chi connectivity index (χ4v) is 4.43. The van der Waals surface area contributed by atoms with Crippen molar-refractivity contribution in [2.24, 2.45) is 0 Å². The smallest absolute Gasteiger partial charge is 0.258 e. The zero-order valence-electron chi connectivity index (χ0n) is 17.7. The maximum atomic E-state index is 13.7. The Kier molecular flexibility index (Phi) is 5.65. The second-order valence-electron chi connectivity index (χ2n) is 8.19. The predicted molar refractivity (Wildman–Crippen MR) is 123 cm³/mol. The van der Waals surface area contributed by atoms with Gasteiger partial charge in [-0.2, -0.15) is 0 Å². The molecule has 1 aliphatic rings. The van der Waals surface area contributed by atoms with E-state index in [9.17, 15) is 9.18 Å². The molecule has 4 nitrogen and oxygen atoms in total. The van der Waals surface area contributed by atoms with Crippen molar-refractivity contribution in [2.75, 3.05) is 6.54 Å². The first-order valence-corrected chi connectivity index (χ1v) is 10.8. The molecule has 0 amide bonds. The number of nitrogens with zero attached hydrogens (tertiary/aromatic N) is 3. The molecule has 5 rings (SSSR count). The van der Waals surface area contributed by atoms with E-state index in [-0.39, 0.29) is 17.4 Å². The van der Waals surface area contributed by atoms with E-state index >= 15 is 0 Å². The van der Waals surface area contributed by atoms with E-state index in [1.165, 1.54) is 12.1 Å². The second kappa shape index (κ2) is 8.89. The second-order valence-corrected chi connectivity index (χ2v) is 8.19. The molecule has 5 heteroatoms. The number of benzene rings is 3. The number of halogens is 1. The van der Waals surface area contributed by atoms with Gasteiger partial charge in [0.25, 0.3) is 5.56 Å². The van der Waals surface area contributed by atoms with E-state index < -0.39 is 0 Å². The fraction of sp³-hybridized carbons (Fsp3) is 0.185. The van der Waals surface area contributed by atoms with Crippen molar-refractivity contribution in [1.29, 1.82) is 0 Å². The van der Waals surface area contributed by atoms with E-state index in [1.807, 2.05) is 60.7 Å². The van der Waals surface area contributed by atoms with E-state index in [2.05, 4.69) is 4.90 Å². The minimum absolute atomic E-state index is 0.00323. The molecule has 0 aliphatic carbocycles. The van der Waals surface area contributed by atoms with Crippen molar-refractivity contribution in [3.8, 4) is 0 Å². The van der Waals surface area contributed by atoms with Gasteiger partial charge in [0, 0.05) is 26.1 Å². The highest BCUT2D eigenvalue weighted by Gasteiger charge is 2.25. The Hall–Kier alpha value is -3.57. The molecule has 0 atom stereocenters. The topological polar surface area (TPSA) is 38.1 Å². The van der Waals surface area contributed by atoms with Gasteiger partial charge in [-0.3, -0.25) is 14.3 Å². The summed E-state index contributed by atoms with van der Waals surface area (Å²) in [6.45, 7) is 2.03. The molecule has 160 valence electrons. The van der Waals surface area contributed by atoms with Gasteiger partial charge in [0.1, 0.15) is 5.82 Å². The Morgan fingerprint density at radius 3 is 2.12 bits per heavy atom. The van der Waals surface area contributed by atoms with Crippen molar-refractivity contribution >= 4 is 0 Å². The molecule has 0 bridgehead atoms. The fourth-order valence-electron chi connectivity index (χ4n) is 4.43. The minimum atomic E-state index is -0.241. The Morgan fingerprint density at radius 2 is 1.50 bits per heavy atom. The maximum absolute atomic E-state index is 13.7.